The summed E-state index contributed by atoms with van der Waals surface area (Å²) in [6, 6.07) is 7.01. The summed E-state index contributed by atoms with van der Waals surface area (Å²) in [6.07, 6.45) is 1.40. The van der Waals surface area contributed by atoms with Crippen LogP contribution in [0.2, 0.25) is 0 Å². The first-order chi connectivity index (χ1) is 11.5. The van der Waals surface area contributed by atoms with Gasteiger partial charge in [0.25, 0.3) is 11.9 Å². The molecule has 0 radical (unpaired) electrons. The van der Waals surface area contributed by atoms with Crippen molar-refractivity contribution < 1.29 is 9.21 Å². The molecule has 3 rings (SSSR count). The third kappa shape index (κ3) is 2.75. The van der Waals surface area contributed by atoms with Crippen LogP contribution in [-0.4, -0.2) is 25.7 Å². The molecule has 0 aliphatic carbocycles. The zero-order chi connectivity index (χ0) is 17.3. The number of nitrogens with one attached hydrogen (secondary N) is 1. The van der Waals surface area contributed by atoms with Gasteiger partial charge in [-0.3, -0.25) is 4.79 Å². The summed E-state index contributed by atoms with van der Waals surface area (Å²) in [5.74, 6) is 0.140. The highest BCUT2D eigenvalue weighted by atomic mass is 16.3. The Hall–Kier alpha value is -3.47. The summed E-state index contributed by atoms with van der Waals surface area (Å²) in [7, 11) is 0. The number of rotatable bonds is 3. The van der Waals surface area contributed by atoms with E-state index < -0.39 is 5.91 Å². The second kappa shape index (κ2) is 5.96. The molecule has 3 heterocycles. The number of anilines is 1. The predicted molar refractivity (Wildman–Crippen MR) is 84.7 cm³/mol. The first kappa shape index (κ1) is 15.4. The molecule has 24 heavy (non-hydrogen) atoms. The Morgan fingerprint density at radius 2 is 2.00 bits per heavy atom. The molecule has 0 aromatic carbocycles. The molecule has 0 fully saturated rings. The number of aryl methyl sites for hydroxylation is 3. The van der Waals surface area contributed by atoms with E-state index in [1.807, 2.05) is 26.0 Å². The average molecular weight is 322 g/mol. The van der Waals surface area contributed by atoms with Crippen LogP contribution < -0.4 is 5.32 Å². The quantitative estimate of drug-likeness (QED) is 0.792. The Kier molecular flexibility index (Phi) is 3.83. The first-order valence-electron chi connectivity index (χ1n) is 7.17. The minimum Gasteiger partial charge on any atom is -0.459 e. The van der Waals surface area contributed by atoms with Gasteiger partial charge in [0.1, 0.15) is 11.6 Å². The fourth-order valence-electron chi connectivity index (χ4n) is 2.30. The van der Waals surface area contributed by atoms with Crippen molar-refractivity contribution in [1.82, 2.24) is 19.7 Å². The van der Waals surface area contributed by atoms with Crippen molar-refractivity contribution >= 4 is 11.7 Å². The smallest absolute Gasteiger partial charge is 0.292 e. The number of furan rings is 1. The van der Waals surface area contributed by atoms with Crippen molar-refractivity contribution in [2.45, 2.75) is 20.8 Å². The number of nitrogens with zero attached hydrogens (tertiary/aromatic N) is 5. The maximum atomic E-state index is 12.3. The van der Waals surface area contributed by atoms with Crippen LogP contribution in [-0.2, 0) is 0 Å². The summed E-state index contributed by atoms with van der Waals surface area (Å²) in [6.45, 7) is 5.35. The van der Waals surface area contributed by atoms with Gasteiger partial charge < -0.3 is 9.73 Å². The third-order valence-corrected chi connectivity index (χ3v) is 3.31. The minimum absolute atomic E-state index is 0.130. The Morgan fingerprint density at radius 3 is 2.58 bits per heavy atom. The molecule has 8 heteroatoms. The van der Waals surface area contributed by atoms with Gasteiger partial charge in [0.2, 0.25) is 0 Å². The number of hydrogen-bond donors (Lipinski definition) is 1. The van der Waals surface area contributed by atoms with Crippen molar-refractivity contribution in [2.24, 2.45) is 0 Å². The zero-order valence-electron chi connectivity index (χ0n) is 13.4. The number of amides is 1. The van der Waals surface area contributed by atoms with E-state index in [1.54, 1.807) is 13.0 Å². The van der Waals surface area contributed by atoms with E-state index in [-0.39, 0.29) is 23.1 Å². The fraction of sp³-hybridized carbons (Fsp3) is 0.188. The molecule has 0 saturated carbocycles. The largest absolute Gasteiger partial charge is 0.459 e. The van der Waals surface area contributed by atoms with Crippen LogP contribution >= 0.6 is 0 Å². The Bertz CT molecular complexity index is 930. The number of nitriles is 1. The number of carbonyl (C=O) groups excluding carboxylic acids is 1. The van der Waals surface area contributed by atoms with Gasteiger partial charge in [0.15, 0.2) is 11.6 Å². The highest BCUT2D eigenvalue weighted by Gasteiger charge is 2.21. The molecule has 0 spiro atoms. The van der Waals surface area contributed by atoms with Crippen LogP contribution in [0.25, 0.3) is 5.95 Å². The standard InChI is InChI=1S/C16H14N6O2/c1-9-7-10(2)19-16(18-9)22-14(12(8-17)11(3)21-22)20-15(23)13-5-4-6-24-13/h4-7H,1-3H3,(H,20,23). The van der Waals surface area contributed by atoms with E-state index in [1.165, 1.54) is 17.0 Å². The van der Waals surface area contributed by atoms with Gasteiger partial charge >= 0.3 is 0 Å². The number of carbonyl (C=O) groups is 1. The molecule has 1 amide bonds. The van der Waals surface area contributed by atoms with Crippen molar-refractivity contribution in [3.63, 3.8) is 0 Å². The van der Waals surface area contributed by atoms with Gasteiger partial charge in [0.05, 0.1) is 12.0 Å². The lowest BCUT2D eigenvalue weighted by atomic mass is 10.2. The topological polar surface area (TPSA) is 110 Å². The molecular formula is C16H14N6O2. The lowest BCUT2D eigenvalue weighted by Crippen LogP contribution is -2.16. The summed E-state index contributed by atoms with van der Waals surface area (Å²) in [4.78, 5) is 20.9. The molecule has 8 nitrogen and oxygen atoms in total. The molecule has 0 bridgehead atoms. The van der Waals surface area contributed by atoms with Crippen LogP contribution in [0.15, 0.2) is 28.9 Å². The Morgan fingerprint density at radius 1 is 1.29 bits per heavy atom. The molecule has 0 aliphatic heterocycles. The monoisotopic (exact) mass is 322 g/mol. The molecule has 0 aliphatic rings. The van der Waals surface area contributed by atoms with Crippen molar-refractivity contribution in [2.75, 3.05) is 5.32 Å². The second-order valence-corrected chi connectivity index (χ2v) is 5.21. The summed E-state index contributed by atoms with van der Waals surface area (Å²) in [5, 5.41) is 16.3. The average Bonchev–Trinajstić information content (AvgIpc) is 3.14. The van der Waals surface area contributed by atoms with Gasteiger partial charge in [-0.25, -0.2) is 9.97 Å². The molecule has 3 aromatic rings. The van der Waals surface area contributed by atoms with Crippen LogP contribution in [0.5, 0.6) is 0 Å². The highest BCUT2D eigenvalue weighted by molar-refractivity contribution is 6.02. The molecule has 120 valence electrons. The van der Waals surface area contributed by atoms with Crippen LogP contribution in [0, 0.1) is 32.1 Å². The lowest BCUT2D eigenvalue weighted by Gasteiger charge is -2.08. The second-order valence-electron chi connectivity index (χ2n) is 5.21. The SMILES string of the molecule is Cc1cc(C)nc(-n2nc(C)c(C#N)c2NC(=O)c2ccco2)n1. The summed E-state index contributed by atoms with van der Waals surface area (Å²) < 4.78 is 6.43. The third-order valence-electron chi connectivity index (χ3n) is 3.31. The molecule has 3 aromatic heterocycles. The van der Waals surface area contributed by atoms with E-state index in [9.17, 15) is 10.1 Å². The maximum Gasteiger partial charge on any atom is 0.292 e. The van der Waals surface area contributed by atoms with Gasteiger partial charge in [-0.2, -0.15) is 15.0 Å². The molecule has 0 saturated heterocycles. The minimum atomic E-state index is -0.484. The number of hydrogen-bond acceptors (Lipinski definition) is 6. The van der Waals surface area contributed by atoms with Crippen molar-refractivity contribution in [3.05, 3.63) is 52.9 Å². The van der Waals surface area contributed by atoms with Crippen LogP contribution in [0.3, 0.4) is 0 Å². The van der Waals surface area contributed by atoms with Gasteiger partial charge in [-0.15, -0.1) is 0 Å². The van der Waals surface area contributed by atoms with E-state index >= 15 is 0 Å². The highest BCUT2D eigenvalue weighted by Crippen LogP contribution is 2.22. The zero-order valence-corrected chi connectivity index (χ0v) is 13.4. The maximum absolute atomic E-state index is 12.3. The first-order valence-corrected chi connectivity index (χ1v) is 7.17. The van der Waals surface area contributed by atoms with Gasteiger partial charge in [0, 0.05) is 11.4 Å². The Labute approximate surface area is 137 Å². The van der Waals surface area contributed by atoms with Gasteiger partial charge in [-0.05, 0) is 39.0 Å². The summed E-state index contributed by atoms with van der Waals surface area (Å²) in [5.41, 5.74) is 2.23. The summed E-state index contributed by atoms with van der Waals surface area (Å²) >= 11 is 0. The van der Waals surface area contributed by atoms with E-state index in [0.717, 1.165) is 11.4 Å². The van der Waals surface area contributed by atoms with Crippen molar-refractivity contribution in [1.29, 1.82) is 5.26 Å². The molecular weight excluding hydrogens is 308 g/mol. The molecule has 1 N–H and O–H groups in total. The van der Waals surface area contributed by atoms with Gasteiger partial charge in [-0.1, -0.05) is 0 Å². The lowest BCUT2D eigenvalue weighted by molar-refractivity contribution is 0.0996. The molecule has 0 unspecified atom stereocenters. The Balaban J connectivity index is 2.10. The van der Waals surface area contributed by atoms with E-state index in [4.69, 9.17) is 4.42 Å². The van der Waals surface area contributed by atoms with E-state index in [0.29, 0.717) is 5.69 Å². The fourth-order valence-corrected chi connectivity index (χ4v) is 2.30. The molecule has 0 atom stereocenters. The predicted octanol–water partition coefficient (Wildman–Crippen LogP) is 2.30. The van der Waals surface area contributed by atoms with E-state index in [2.05, 4.69) is 20.4 Å². The van der Waals surface area contributed by atoms with Crippen LogP contribution in [0.4, 0.5) is 5.82 Å². The number of aromatic nitrogens is 4. The van der Waals surface area contributed by atoms with Crippen LogP contribution in [0.1, 0.15) is 33.2 Å². The normalized spacial score (nSPS) is 10.4. The van der Waals surface area contributed by atoms with Crippen molar-refractivity contribution in [3.8, 4) is 12.0 Å².